The fourth-order valence-corrected chi connectivity index (χ4v) is 5.29. The van der Waals surface area contributed by atoms with E-state index in [0.29, 0.717) is 6.42 Å². The summed E-state index contributed by atoms with van der Waals surface area (Å²) in [6, 6.07) is 0. The highest BCUT2D eigenvalue weighted by Crippen LogP contribution is 2.39. The summed E-state index contributed by atoms with van der Waals surface area (Å²) in [7, 11) is 0. The van der Waals surface area contributed by atoms with Gasteiger partial charge in [-0.25, -0.2) is 0 Å². The quantitative estimate of drug-likeness (QED) is 0.0809. The summed E-state index contributed by atoms with van der Waals surface area (Å²) in [5.74, 6) is -7.14. The van der Waals surface area contributed by atoms with E-state index < -0.39 is 116 Å². The molecule has 4 N–H and O–H groups in total. The van der Waals surface area contributed by atoms with Crippen molar-refractivity contribution in [2.45, 2.75) is 155 Å². The van der Waals surface area contributed by atoms with Gasteiger partial charge in [-0.2, -0.15) is 0 Å². The van der Waals surface area contributed by atoms with E-state index in [2.05, 4.69) is 6.92 Å². The Balaban J connectivity index is 2.49. The number of aliphatic hydroxyl groups excluding tert-OH is 4. The summed E-state index contributed by atoms with van der Waals surface area (Å²) in [6.07, 6.45) is -6.45. The van der Waals surface area contributed by atoms with Crippen LogP contribution in [-0.4, -0.2) is 119 Å². The van der Waals surface area contributed by atoms with Gasteiger partial charge >= 0.3 is 23.9 Å². The summed E-state index contributed by atoms with van der Waals surface area (Å²) >= 11 is 0. The van der Waals surface area contributed by atoms with Gasteiger partial charge in [0.2, 0.25) is 12.1 Å². The molecule has 0 amide bonds. The molecule has 0 spiro atoms. The number of hydrogen-bond acceptors (Lipinski definition) is 15. The Morgan fingerprint density at radius 3 is 1.84 bits per heavy atom. The van der Waals surface area contributed by atoms with Crippen molar-refractivity contribution in [3.63, 3.8) is 0 Å². The van der Waals surface area contributed by atoms with Crippen LogP contribution in [0.25, 0.3) is 0 Å². The van der Waals surface area contributed by atoms with Gasteiger partial charge in [-0.15, -0.1) is 0 Å². The summed E-state index contributed by atoms with van der Waals surface area (Å²) in [5.41, 5.74) is 0. The number of hydrogen-bond donors (Lipinski definition) is 4. The third-order valence-electron chi connectivity index (χ3n) is 8.36. The maximum Gasteiger partial charge on any atom is 0.308 e. The lowest BCUT2D eigenvalue weighted by Gasteiger charge is -2.46. The van der Waals surface area contributed by atoms with Gasteiger partial charge in [-0.1, -0.05) is 87.0 Å². The van der Waals surface area contributed by atoms with Gasteiger partial charge in [-0.3, -0.25) is 19.2 Å². The molecule has 0 aromatic rings. The fourth-order valence-electron chi connectivity index (χ4n) is 5.29. The zero-order chi connectivity index (χ0) is 36.9. The Labute approximate surface area is 288 Å². The molecule has 0 radical (unpaired) electrons. The largest absolute Gasteiger partial charge is 0.463 e. The maximum absolute atomic E-state index is 13.2. The lowest BCUT2D eigenvalue weighted by Crippen LogP contribution is -2.65. The van der Waals surface area contributed by atoms with E-state index in [1.807, 2.05) is 0 Å². The van der Waals surface area contributed by atoms with Gasteiger partial charge in [0.05, 0.1) is 24.4 Å². The molecular formula is C34H58O15. The number of aliphatic hydroxyl groups is 4. The molecule has 15 nitrogen and oxygen atoms in total. The lowest BCUT2D eigenvalue weighted by atomic mass is 9.97. The summed E-state index contributed by atoms with van der Waals surface area (Å²) in [5, 5.41) is 42.9. The molecule has 2 saturated heterocycles. The van der Waals surface area contributed by atoms with Gasteiger partial charge in [-0.05, 0) is 6.42 Å². The zero-order valence-corrected chi connectivity index (χ0v) is 29.9. The molecule has 0 bridgehead atoms. The Bertz CT molecular complexity index is 1050. The van der Waals surface area contributed by atoms with Crippen molar-refractivity contribution < 1.29 is 72.8 Å². The third kappa shape index (κ3) is 12.1. The highest BCUT2D eigenvalue weighted by atomic mass is 16.8. The smallest absolute Gasteiger partial charge is 0.308 e. The molecule has 0 aromatic heterocycles. The SMILES string of the molecule is CCCCCCCCCC(=O)O[C@@H]1[C@@H](O[C@@]2(CO)O[C@@H](CO)[C@@H](O)[C@H]2OC(=O)C(C)C)O[C@@H](COC(=O)C(C)C)[C@@H](O)[C@@H]1OC(=O)C(C)C. The van der Waals surface area contributed by atoms with Gasteiger partial charge in [0.15, 0.2) is 18.3 Å². The van der Waals surface area contributed by atoms with Crippen LogP contribution in [0.5, 0.6) is 0 Å². The van der Waals surface area contributed by atoms with E-state index in [1.165, 1.54) is 0 Å². The van der Waals surface area contributed by atoms with Gasteiger partial charge in [0, 0.05) is 6.42 Å². The molecule has 0 aliphatic carbocycles. The van der Waals surface area contributed by atoms with Crippen LogP contribution in [-0.2, 0) is 52.3 Å². The third-order valence-corrected chi connectivity index (χ3v) is 8.36. The van der Waals surface area contributed by atoms with Crippen molar-refractivity contribution in [2.75, 3.05) is 19.8 Å². The molecule has 2 aliphatic heterocycles. The number of unbranched alkanes of at least 4 members (excludes halogenated alkanes) is 6. The van der Waals surface area contributed by atoms with Crippen LogP contribution in [0.3, 0.4) is 0 Å². The highest BCUT2D eigenvalue weighted by Gasteiger charge is 2.62. The molecule has 9 atom stereocenters. The van der Waals surface area contributed by atoms with Crippen LogP contribution in [0, 0.1) is 17.8 Å². The lowest BCUT2D eigenvalue weighted by molar-refractivity contribution is -0.384. The van der Waals surface area contributed by atoms with Crippen LogP contribution in [0.1, 0.15) is 99.8 Å². The first-order valence-electron chi connectivity index (χ1n) is 17.5. The maximum atomic E-state index is 13.2. The van der Waals surface area contributed by atoms with Gasteiger partial charge < -0.3 is 53.6 Å². The first kappa shape index (κ1) is 42.8. The number of esters is 4. The van der Waals surface area contributed by atoms with E-state index in [0.717, 1.165) is 38.5 Å². The minimum absolute atomic E-state index is 0.0189. The number of carbonyl (C=O) groups excluding carboxylic acids is 4. The summed E-state index contributed by atoms with van der Waals surface area (Å²) in [6.45, 7) is 9.18. The average molecular weight is 707 g/mol. The van der Waals surface area contributed by atoms with Crippen molar-refractivity contribution >= 4 is 23.9 Å². The highest BCUT2D eigenvalue weighted by molar-refractivity contribution is 5.73. The van der Waals surface area contributed by atoms with Crippen molar-refractivity contribution in [1.29, 1.82) is 0 Å². The molecule has 0 aromatic carbocycles. The van der Waals surface area contributed by atoms with E-state index >= 15 is 0 Å². The topological polar surface area (TPSA) is 214 Å². The average Bonchev–Trinajstić information content (AvgIpc) is 3.32. The van der Waals surface area contributed by atoms with Crippen LogP contribution in [0.4, 0.5) is 0 Å². The van der Waals surface area contributed by atoms with Crippen molar-refractivity contribution in [3.8, 4) is 0 Å². The van der Waals surface area contributed by atoms with Crippen LogP contribution in [0.2, 0.25) is 0 Å². The minimum Gasteiger partial charge on any atom is -0.463 e. The number of rotatable bonds is 20. The molecule has 2 rings (SSSR count). The Kier molecular flexibility index (Phi) is 17.8. The Hall–Kier alpha value is -2.40. The number of carbonyl (C=O) groups is 4. The van der Waals surface area contributed by atoms with Crippen LogP contribution in [0.15, 0.2) is 0 Å². The number of ether oxygens (including phenoxy) is 7. The molecule has 2 heterocycles. The first-order chi connectivity index (χ1) is 23.1. The minimum atomic E-state index is -2.39. The van der Waals surface area contributed by atoms with E-state index in [9.17, 15) is 39.6 Å². The van der Waals surface area contributed by atoms with Gasteiger partial charge in [0.25, 0.3) is 0 Å². The molecule has 15 heteroatoms. The Morgan fingerprint density at radius 2 is 1.29 bits per heavy atom. The second-order valence-corrected chi connectivity index (χ2v) is 13.6. The van der Waals surface area contributed by atoms with Crippen molar-refractivity contribution in [1.82, 2.24) is 0 Å². The molecule has 284 valence electrons. The van der Waals surface area contributed by atoms with Crippen molar-refractivity contribution in [3.05, 3.63) is 0 Å². The standard InChI is InChI=1S/C34H58O15/c1-8-9-10-11-12-13-14-15-24(37)45-28-27(46-31(41)20(4)5)25(38)23(17-43-30(40)19(2)3)44-33(28)49-34(18-36)29(47-32(42)21(6)7)26(39)22(16-35)48-34/h19-23,25-29,33,35-36,38-39H,8-18H2,1-7H3/t22-,23-,25+,26+,27-,28-,29+,33+,34+/m0/s1. The first-order valence-corrected chi connectivity index (χ1v) is 17.5. The monoisotopic (exact) mass is 706 g/mol. The molecule has 0 saturated carbocycles. The molecule has 49 heavy (non-hydrogen) atoms. The molecule has 2 fully saturated rings. The van der Waals surface area contributed by atoms with E-state index in [4.69, 9.17) is 33.2 Å². The predicted octanol–water partition coefficient (Wildman–Crippen LogP) is 1.92. The van der Waals surface area contributed by atoms with Gasteiger partial charge in [0.1, 0.15) is 37.6 Å². The summed E-state index contributed by atoms with van der Waals surface area (Å²) in [4.78, 5) is 51.1. The van der Waals surface area contributed by atoms with E-state index in [1.54, 1.807) is 41.5 Å². The van der Waals surface area contributed by atoms with E-state index in [-0.39, 0.29) is 6.42 Å². The van der Waals surface area contributed by atoms with Crippen LogP contribution < -0.4 is 0 Å². The fraction of sp³-hybridized carbons (Fsp3) is 0.882. The molecular weight excluding hydrogens is 648 g/mol. The molecule has 0 unspecified atom stereocenters. The predicted molar refractivity (Wildman–Crippen MR) is 171 cm³/mol. The summed E-state index contributed by atoms with van der Waals surface area (Å²) < 4.78 is 40.1. The van der Waals surface area contributed by atoms with Crippen molar-refractivity contribution in [2.24, 2.45) is 17.8 Å². The second kappa shape index (κ2) is 20.4. The zero-order valence-electron chi connectivity index (χ0n) is 29.9. The normalized spacial score (nSPS) is 30.1. The molecule has 2 aliphatic rings. The van der Waals surface area contributed by atoms with Crippen LogP contribution >= 0.6 is 0 Å². The Morgan fingerprint density at radius 1 is 0.714 bits per heavy atom. The second-order valence-electron chi connectivity index (χ2n) is 13.6.